The van der Waals surface area contributed by atoms with Gasteiger partial charge in [-0.3, -0.25) is 14.9 Å². The third-order valence-corrected chi connectivity index (χ3v) is 8.02. The van der Waals surface area contributed by atoms with Gasteiger partial charge in [-0.05, 0) is 49.1 Å². The van der Waals surface area contributed by atoms with E-state index in [1.165, 1.54) is 40.3 Å². The SMILES string of the molecule is CCc1ccc(OCn2cc(NC(=O)C3CCN(S(=O)(=O)c4ccc([N+](=O)[O-])cc4)CC3)cn2)cc1. The molecule has 0 saturated carbocycles. The number of nitrogens with zero attached hydrogens (tertiary/aromatic N) is 4. The minimum atomic E-state index is -3.79. The van der Waals surface area contributed by atoms with Crippen molar-refractivity contribution in [3.05, 3.63) is 76.6 Å². The first-order chi connectivity index (χ1) is 17.3. The van der Waals surface area contributed by atoms with E-state index in [0.717, 1.165) is 12.2 Å². The first kappa shape index (κ1) is 25.3. The summed E-state index contributed by atoms with van der Waals surface area (Å²) in [6, 6.07) is 12.6. The van der Waals surface area contributed by atoms with Crippen molar-refractivity contribution in [1.82, 2.24) is 14.1 Å². The molecule has 0 spiro atoms. The lowest BCUT2D eigenvalue weighted by Gasteiger charge is -2.30. The Balaban J connectivity index is 1.27. The number of aromatic nitrogens is 2. The van der Waals surface area contributed by atoms with E-state index in [1.54, 1.807) is 10.9 Å². The van der Waals surface area contributed by atoms with Crippen LogP contribution in [0.5, 0.6) is 5.75 Å². The number of rotatable bonds is 9. The standard InChI is InChI=1S/C24H27N5O6S/c1-2-18-3-7-22(8-4-18)35-17-27-16-20(15-25-27)26-24(30)19-11-13-28(14-12-19)36(33,34)23-9-5-21(6-10-23)29(31)32/h3-10,15-16,19H,2,11-14,17H2,1H3,(H,26,30). The van der Waals surface area contributed by atoms with Gasteiger partial charge in [-0.2, -0.15) is 9.40 Å². The quantitative estimate of drug-likeness (QED) is 0.342. The summed E-state index contributed by atoms with van der Waals surface area (Å²) in [6.45, 7) is 2.64. The molecule has 2 heterocycles. The van der Waals surface area contributed by atoms with E-state index in [2.05, 4.69) is 17.3 Å². The number of carbonyl (C=O) groups is 1. The van der Waals surface area contributed by atoms with Gasteiger partial charge in [-0.15, -0.1) is 0 Å². The molecule has 4 rings (SSSR count). The van der Waals surface area contributed by atoms with Crippen LogP contribution in [0, 0.1) is 16.0 Å². The van der Waals surface area contributed by atoms with E-state index in [-0.39, 0.29) is 42.2 Å². The summed E-state index contributed by atoms with van der Waals surface area (Å²) in [5.41, 5.74) is 1.58. The molecule has 2 aromatic carbocycles. The fourth-order valence-corrected chi connectivity index (χ4v) is 5.42. The van der Waals surface area contributed by atoms with Gasteiger partial charge in [0, 0.05) is 31.1 Å². The molecule has 1 aliphatic rings. The highest BCUT2D eigenvalue weighted by molar-refractivity contribution is 7.89. The van der Waals surface area contributed by atoms with E-state index in [9.17, 15) is 23.3 Å². The van der Waals surface area contributed by atoms with Crippen molar-refractivity contribution in [2.24, 2.45) is 5.92 Å². The van der Waals surface area contributed by atoms with Gasteiger partial charge < -0.3 is 10.1 Å². The van der Waals surface area contributed by atoms with E-state index in [4.69, 9.17) is 4.74 Å². The highest BCUT2D eigenvalue weighted by Gasteiger charge is 2.32. The summed E-state index contributed by atoms with van der Waals surface area (Å²) in [5.74, 6) is 0.187. The van der Waals surface area contributed by atoms with Crippen LogP contribution in [0.2, 0.25) is 0 Å². The predicted octanol–water partition coefficient (Wildman–Crippen LogP) is 3.43. The third-order valence-electron chi connectivity index (χ3n) is 6.11. The van der Waals surface area contributed by atoms with Crippen molar-refractivity contribution in [2.45, 2.75) is 37.8 Å². The smallest absolute Gasteiger partial charge is 0.269 e. The zero-order chi connectivity index (χ0) is 25.7. The fraction of sp³-hybridized carbons (Fsp3) is 0.333. The number of amides is 1. The number of carbonyl (C=O) groups excluding carboxylic acids is 1. The Hall–Kier alpha value is -3.77. The van der Waals surface area contributed by atoms with Crippen LogP contribution in [0.3, 0.4) is 0 Å². The number of nitro benzene ring substituents is 1. The van der Waals surface area contributed by atoms with Crippen LogP contribution in [0.1, 0.15) is 25.3 Å². The first-order valence-corrected chi connectivity index (χ1v) is 13.0. The van der Waals surface area contributed by atoms with E-state index < -0.39 is 14.9 Å². The Labute approximate surface area is 208 Å². The Bertz CT molecular complexity index is 1310. The lowest BCUT2D eigenvalue weighted by atomic mass is 9.97. The van der Waals surface area contributed by atoms with Crippen molar-refractivity contribution in [2.75, 3.05) is 18.4 Å². The maximum atomic E-state index is 12.9. The number of ether oxygens (including phenoxy) is 1. The number of piperidine rings is 1. The summed E-state index contributed by atoms with van der Waals surface area (Å²) in [6.07, 6.45) is 4.89. The van der Waals surface area contributed by atoms with Crippen LogP contribution in [-0.2, 0) is 28.0 Å². The topological polar surface area (TPSA) is 137 Å². The van der Waals surface area contributed by atoms with E-state index >= 15 is 0 Å². The van der Waals surface area contributed by atoms with Gasteiger partial charge in [-0.1, -0.05) is 19.1 Å². The number of non-ortho nitro benzene ring substituents is 1. The van der Waals surface area contributed by atoms with E-state index in [1.807, 2.05) is 24.3 Å². The number of benzene rings is 2. The molecule has 3 aromatic rings. The van der Waals surface area contributed by atoms with Gasteiger partial charge >= 0.3 is 0 Å². The average molecular weight is 514 g/mol. The second-order valence-electron chi connectivity index (χ2n) is 8.46. The Kier molecular flexibility index (Phi) is 7.65. The van der Waals surface area contributed by atoms with Crippen molar-refractivity contribution in [3.63, 3.8) is 0 Å². The number of sulfonamides is 1. The highest BCUT2D eigenvalue weighted by Crippen LogP contribution is 2.26. The molecule has 1 amide bonds. The number of aryl methyl sites for hydroxylation is 1. The molecule has 0 bridgehead atoms. The van der Waals surface area contributed by atoms with Crippen LogP contribution in [0.4, 0.5) is 11.4 Å². The molecule has 0 unspecified atom stereocenters. The van der Waals surface area contributed by atoms with Crippen molar-refractivity contribution in [1.29, 1.82) is 0 Å². The fourth-order valence-electron chi connectivity index (χ4n) is 3.95. The Morgan fingerprint density at radius 2 is 1.81 bits per heavy atom. The van der Waals surface area contributed by atoms with Gasteiger partial charge in [0.05, 0.1) is 27.9 Å². The van der Waals surface area contributed by atoms with Crippen molar-refractivity contribution < 1.29 is 22.9 Å². The van der Waals surface area contributed by atoms with Crippen molar-refractivity contribution in [3.8, 4) is 5.75 Å². The van der Waals surface area contributed by atoms with Crippen LogP contribution >= 0.6 is 0 Å². The molecule has 0 atom stereocenters. The maximum Gasteiger partial charge on any atom is 0.269 e. The second-order valence-corrected chi connectivity index (χ2v) is 10.4. The van der Waals surface area contributed by atoms with Crippen molar-refractivity contribution >= 4 is 27.3 Å². The molecule has 36 heavy (non-hydrogen) atoms. The second kappa shape index (κ2) is 10.9. The molecular formula is C24H27N5O6S. The number of nitrogens with one attached hydrogen (secondary N) is 1. The summed E-state index contributed by atoms with van der Waals surface area (Å²) in [4.78, 5) is 22.9. The molecule has 0 aliphatic carbocycles. The first-order valence-electron chi connectivity index (χ1n) is 11.6. The Morgan fingerprint density at radius 3 is 2.42 bits per heavy atom. The Morgan fingerprint density at radius 1 is 1.14 bits per heavy atom. The zero-order valence-corrected chi connectivity index (χ0v) is 20.6. The average Bonchev–Trinajstić information content (AvgIpc) is 3.35. The zero-order valence-electron chi connectivity index (χ0n) is 19.7. The minimum absolute atomic E-state index is 0.00746. The molecule has 11 nitrogen and oxygen atoms in total. The molecule has 1 fully saturated rings. The normalized spacial score (nSPS) is 14.9. The maximum absolute atomic E-state index is 12.9. The van der Waals surface area contributed by atoms with Gasteiger partial charge in [0.15, 0.2) is 6.73 Å². The van der Waals surface area contributed by atoms with E-state index in [0.29, 0.717) is 18.5 Å². The number of hydrogen-bond donors (Lipinski definition) is 1. The highest BCUT2D eigenvalue weighted by atomic mass is 32.2. The largest absolute Gasteiger partial charge is 0.471 e. The van der Waals surface area contributed by atoms with Crippen LogP contribution in [0.25, 0.3) is 0 Å². The minimum Gasteiger partial charge on any atom is -0.471 e. The third kappa shape index (κ3) is 5.89. The molecule has 1 N–H and O–H groups in total. The predicted molar refractivity (Wildman–Crippen MR) is 132 cm³/mol. The van der Waals surface area contributed by atoms with Gasteiger partial charge in [0.25, 0.3) is 5.69 Å². The van der Waals surface area contributed by atoms with Crippen LogP contribution in [-0.4, -0.2) is 46.4 Å². The molecular weight excluding hydrogens is 486 g/mol. The molecule has 1 saturated heterocycles. The molecule has 190 valence electrons. The molecule has 0 radical (unpaired) electrons. The monoisotopic (exact) mass is 513 g/mol. The van der Waals surface area contributed by atoms with Gasteiger partial charge in [0.1, 0.15) is 5.75 Å². The van der Waals surface area contributed by atoms with Crippen LogP contribution in [0.15, 0.2) is 65.8 Å². The molecule has 1 aliphatic heterocycles. The van der Waals surface area contributed by atoms with Crippen LogP contribution < -0.4 is 10.1 Å². The lowest BCUT2D eigenvalue weighted by molar-refractivity contribution is -0.384. The summed E-state index contributed by atoms with van der Waals surface area (Å²) < 4.78 is 34.3. The molecule has 1 aromatic heterocycles. The number of nitro groups is 1. The van der Waals surface area contributed by atoms with Gasteiger partial charge in [0.2, 0.25) is 15.9 Å². The molecule has 12 heteroatoms. The summed E-state index contributed by atoms with van der Waals surface area (Å²) >= 11 is 0. The number of anilines is 1. The number of hydrogen-bond acceptors (Lipinski definition) is 7. The summed E-state index contributed by atoms with van der Waals surface area (Å²) in [5, 5.41) is 17.8. The lowest BCUT2D eigenvalue weighted by Crippen LogP contribution is -2.41. The summed E-state index contributed by atoms with van der Waals surface area (Å²) in [7, 11) is -3.79. The van der Waals surface area contributed by atoms with Gasteiger partial charge in [-0.25, -0.2) is 13.1 Å².